The fourth-order valence-corrected chi connectivity index (χ4v) is 3.02. The molecule has 2 fully saturated rings. The number of nitrogens with zero attached hydrogens (tertiary/aromatic N) is 2. The van der Waals surface area contributed by atoms with E-state index in [1.807, 2.05) is 0 Å². The van der Waals surface area contributed by atoms with Gasteiger partial charge in [-0.3, -0.25) is 0 Å². The second-order valence-corrected chi connectivity index (χ2v) is 5.38. The molecule has 1 saturated carbocycles. The summed E-state index contributed by atoms with van der Waals surface area (Å²) in [6.45, 7) is 1.13. The Balaban J connectivity index is 1.60. The zero-order valence-corrected chi connectivity index (χ0v) is 10.3. The lowest BCUT2D eigenvalue weighted by molar-refractivity contribution is 0.348. The summed E-state index contributed by atoms with van der Waals surface area (Å²) in [6.07, 6.45) is 9.89. The fourth-order valence-electron chi connectivity index (χ4n) is 3.02. The molecular formula is C13H21N3O. The minimum Gasteiger partial charge on any atom is -0.339 e. The monoisotopic (exact) mass is 235 g/mol. The summed E-state index contributed by atoms with van der Waals surface area (Å²) in [6, 6.07) is 0.551. The second-order valence-electron chi connectivity index (χ2n) is 5.38. The van der Waals surface area contributed by atoms with Crippen molar-refractivity contribution < 1.29 is 4.52 Å². The Morgan fingerprint density at radius 3 is 2.76 bits per heavy atom. The Kier molecular flexibility index (Phi) is 3.41. The molecule has 2 heterocycles. The summed E-state index contributed by atoms with van der Waals surface area (Å²) in [7, 11) is 0. The number of nitrogens with one attached hydrogen (secondary N) is 1. The smallest absolute Gasteiger partial charge is 0.228 e. The van der Waals surface area contributed by atoms with Gasteiger partial charge < -0.3 is 9.84 Å². The third-order valence-electron chi connectivity index (χ3n) is 4.04. The Labute approximate surface area is 102 Å². The molecule has 1 N–H and O–H groups in total. The minimum atomic E-state index is 0.551. The maximum absolute atomic E-state index is 5.38. The molecule has 4 nitrogen and oxygen atoms in total. The number of hydrogen-bond acceptors (Lipinski definition) is 4. The summed E-state index contributed by atoms with van der Waals surface area (Å²) < 4.78 is 5.38. The molecule has 0 amide bonds. The van der Waals surface area contributed by atoms with Crippen molar-refractivity contribution >= 4 is 0 Å². The van der Waals surface area contributed by atoms with Gasteiger partial charge in [-0.2, -0.15) is 4.98 Å². The van der Waals surface area contributed by atoms with E-state index in [4.69, 9.17) is 4.52 Å². The molecule has 0 spiro atoms. The lowest BCUT2D eigenvalue weighted by Gasteiger charge is -2.17. The average molecular weight is 235 g/mol. The first-order chi connectivity index (χ1) is 8.42. The van der Waals surface area contributed by atoms with E-state index in [9.17, 15) is 0 Å². The molecule has 17 heavy (non-hydrogen) atoms. The predicted octanol–water partition coefficient (Wildman–Crippen LogP) is 2.41. The van der Waals surface area contributed by atoms with E-state index in [0.717, 1.165) is 24.7 Å². The Bertz CT molecular complexity index is 351. The van der Waals surface area contributed by atoms with Crippen molar-refractivity contribution in [2.45, 2.75) is 63.3 Å². The molecule has 1 aliphatic heterocycles. The molecule has 0 bridgehead atoms. The van der Waals surface area contributed by atoms with E-state index >= 15 is 0 Å². The molecule has 0 radical (unpaired) electrons. The Morgan fingerprint density at radius 1 is 1.12 bits per heavy atom. The highest BCUT2D eigenvalue weighted by Gasteiger charge is 2.22. The topological polar surface area (TPSA) is 51.0 Å². The van der Waals surface area contributed by atoms with Gasteiger partial charge >= 0.3 is 0 Å². The van der Waals surface area contributed by atoms with Gasteiger partial charge in [-0.25, -0.2) is 0 Å². The summed E-state index contributed by atoms with van der Waals surface area (Å²) in [5.74, 6) is 2.33. The van der Waals surface area contributed by atoms with Gasteiger partial charge in [-0.05, 0) is 32.2 Å². The van der Waals surface area contributed by atoms with Crippen LogP contribution in [0, 0.1) is 0 Å². The Hall–Kier alpha value is -0.900. The van der Waals surface area contributed by atoms with E-state index < -0.39 is 0 Å². The van der Waals surface area contributed by atoms with Crippen LogP contribution in [-0.4, -0.2) is 22.7 Å². The van der Waals surface area contributed by atoms with Crippen LogP contribution >= 0.6 is 0 Å². The zero-order chi connectivity index (χ0) is 11.5. The number of hydrogen-bond donors (Lipinski definition) is 1. The van der Waals surface area contributed by atoms with Crippen LogP contribution in [0.3, 0.4) is 0 Å². The molecule has 4 heteroatoms. The molecule has 1 atom stereocenters. The lowest BCUT2D eigenvalue weighted by atomic mass is 9.89. The zero-order valence-electron chi connectivity index (χ0n) is 10.3. The van der Waals surface area contributed by atoms with Gasteiger partial charge in [0.2, 0.25) is 5.89 Å². The van der Waals surface area contributed by atoms with Crippen molar-refractivity contribution in [3.63, 3.8) is 0 Å². The molecule has 1 saturated heterocycles. The van der Waals surface area contributed by atoms with Crippen molar-refractivity contribution in [2.75, 3.05) is 6.54 Å². The van der Waals surface area contributed by atoms with Crippen LogP contribution in [0.25, 0.3) is 0 Å². The van der Waals surface area contributed by atoms with Crippen LogP contribution in [0.4, 0.5) is 0 Å². The number of aromatic nitrogens is 2. The van der Waals surface area contributed by atoms with Gasteiger partial charge in [0.05, 0.1) is 0 Å². The average Bonchev–Trinajstić information content (AvgIpc) is 3.02. The predicted molar refractivity (Wildman–Crippen MR) is 64.9 cm³/mol. The molecule has 1 aromatic rings. The summed E-state index contributed by atoms with van der Waals surface area (Å²) in [5, 5.41) is 7.63. The standard InChI is InChI=1S/C13H21N3O/c1-2-5-10(6-3-1)13-15-12(17-16-13)9-11-7-4-8-14-11/h10-11,14H,1-9H2. The van der Waals surface area contributed by atoms with Crippen LogP contribution in [0.5, 0.6) is 0 Å². The maximum Gasteiger partial charge on any atom is 0.228 e. The molecular weight excluding hydrogens is 214 g/mol. The quantitative estimate of drug-likeness (QED) is 0.874. The van der Waals surface area contributed by atoms with Gasteiger partial charge in [0.25, 0.3) is 0 Å². The molecule has 2 aliphatic rings. The van der Waals surface area contributed by atoms with E-state index in [2.05, 4.69) is 15.5 Å². The normalized spacial score (nSPS) is 26.5. The van der Waals surface area contributed by atoms with Gasteiger partial charge in [0.15, 0.2) is 5.82 Å². The largest absolute Gasteiger partial charge is 0.339 e. The molecule has 1 aliphatic carbocycles. The van der Waals surface area contributed by atoms with Crippen molar-refractivity contribution in [3.05, 3.63) is 11.7 Å². The van der Waals surface area contributed by atoms with Crippen LogP contribution in [-0.2, 0) is 6.42 Å². The molecule has 0 aromatic carbocycles. The first-order valence-electron chi connectivity index (χ1n) is 6.97. The van der Waals surface area contributed by atoms with E-state index in [0.29, 0.717) is 12.0 Å². The minimum absolute atomic E-state index is 0.551. The van der Waals surface area contributed by atoms with Crippen molar-refractivity contribution in [3.8, 4) is 0 Å². The van der Waals surface area contributed by atoms with Gasteiger partial charge in [-0.15, -0.1) is 0 Å². The highest BCUT2D eigenvalue weighted by Crippen LogP contribution is 2.30. The Morgan fingerprint density at radius 2 is 2.00 bits per heavy atom. The highest BCUT2D eigenvalue weighted by molar-refractivity contribution is 4.98. The van der Waals surface area contributed by atoms with E-state index in [-0.39, 0.29) is 0 Å². The summed E-state index contributed by atoms with van der Waals surface area (Å²) in [4.78, 5) is 4.58. The van der Waals surface area contributed by atoms with Crippen molar-refractivity contribution in [1.82, 2.24) is 15.5 Å². The van der Waals surface area contributed by atoms with Crippen LogP contribution < -0.4 is 5.32 Å². The molecule has 94 valence electrons. The van der Waals surface area contributed by atoms with Crippen molar-refractivity contribution in [2.24, 2.45) is 0 Å². The van der Waals surface area contributed by atoms with Gasteiger partial charge in [-0.1, -0.05) is 24.4 Å². The van der Waals surface area contributed by atoms with Crippen LogP contribution in [0.1, 0.15) is 62.6 Å². The first-order valence-corrected chi connectivity index (χ1v) is 6.97. The van der Waals surface area contributed by atoms with Crippen molar-refractivity contribution in [1.29, 1.82) is 0 Å². The number of rotatable bonds is 3. The first kappa shape index (κ1) is 11.2. The van der Waals surface area contributed by atoms with Gasteiger partial charge in [0.1, 0.15) is 0 Å². The SMILES string of the molecule is C1CCC(c2noc(CC3CCCN3)n2)CC1. The highest BCUT2D eigenvalue weighted by atomic mass is 16.5. The second kappa shape index (κ2) is 5.17. The lowest BCUT2D eigenvalue weighted by Crippen LogP contribution is -2.23. The molecule has 1 unspecified atom stereocenters. The van der Waals surface area contributed by atoms with Gasteiger partial charge in [0, 0.05) is 18.4 Å². The third-order valence-corrected chi connectivity index (χ3v) is 4.04. The summed E-state index contributed by atoms with van der Waals surface area (Å²) >= 11 is 0. The molecule has 3 rings (SSSR count). The van der Waals surface area contributed by atoms with Crippen LogP contribution in [0.2, 0.25) is 0 Å². The summed E-state index contributed by atoms with van der Waals surface area (Å²) in [5.41, 5.74) is 0. The van der Waals surface area contributed by atoms with E-state index in [1.165, 1.54) is 44.9 Å². The van der Waals surface area contributed by atoms with Crippen LogP contribution in [0.15, 0.2) is 4.52 Å². The fraction of sp³-hybridized carbons (Fsp3) is 0.846. The molecule has 1 aromatic heterocycles. The third kappa shape index (κ3) is 2.68. The maximum atomic E-state index is 5.38. The van der Waals surface area contributed by atoms with E-state index in [1.54, 1.807) is 0 Å².